The van der Waals surface area contributed by atoms with E-state index in [1.165, 1.54) is 25.7 Å². The van der Waals surface area contributed by atoms with E-state index in [-0.39, 0.29) is 0 Å². The van der Waals surface area contributed by atoms with Gasteiger partial charge in [-0.3, -0.25) is 0 Å². The molecule has 0 aliphatic heterocycles. The predicted octanol–water partition coefficient (Wildman–Crippen LogP) is 2.40. The number of hydrogen-bond donors (Lipinski definition) is 1. The highest BCUT2D eigenvalue weighted by Gasteiger charge is 2.23. The summed E-state index contributed by atoms with van der Waals surface area (Å²) in [4.78, 5) is 7.27. The van der Waals surface area contributed by atoms with Crippen LogP contribution in [0.5, 0.6) is 0 Å². The Kier molecular flexibility index (Phi) is 3.62. The maximum absolute atomic E-state index is 5.77. The van der Waals surface area contributed by atoms with Crippen LogP contribution < -0.4 is 10.6 Å². The van der Waals surface area contributed by atoms with Crippen LogP contribution in [-0.4, -0.2) is 23.1 Å². The van der Waals surface area contributed by atoms with Gasteiger partial charge in [-0.25, -0.2) is 4.98 Å². The molecule has 1 aromatic heterocycles. The van der Waals surface area contributed by atoms with E-state index in [4.69, 9.17) is 18.0 Å². The average molecular weight is 249 g/mol. The Labute approximate surface area is 108 Å². The zero-order chi connectivity index (χ0) is 12.4. The Bertz CT molecular complexity index is 425. The smallest absolute Gasteiger partial charge is 0.139 e. The Hall–Kier alpha value is -1.16. The number of thiocarbonyl (C=S) groups is 1. The Balaban J connectivity index is 2.34. The van der Waals surface area contributed by atoms with Gasteiger partial charge < -0.3 is 10.6 Å². The van der Waals surface area contributed by atoms with Gasteiger partial charge in [0.1, 0.15) is 10.8 Å². The molecule has 2 rings (SSSR count). The highest BCUT2D eigenvalue weighted by molar-refractivity contribution is 7.80. The first-order chi connectivity index (χ1) is 8.09. The number of pyridine rings is 1. The van der Waals surface area contributed by atoms with Gasteiger partial charge in [-0.15, -0.1) is 0 Å². The molecule has 0 spiro atoms. The van der Waals surface area contributed by atoms with Crippen molar-refractivity contribution in [3.63, 3.8) is 0 Å². The lowest BCUT2D eigenvalue weighted by atomic mass is 10.1. The standard InChI is InChI=1S/C13H19N3S/c1-9-7-8-11(12(14)17)13(15-9)16(2)10-5-3-4-6-10/h7-8,10H,3-6H2,1-2H3,(H2,14,17). The van der Waals surface area contributed by atoms with Gasteiger partial charge in [-0.1, -0.05) is 25.1 Å². The predicted molar refractivity (Wildman–Crippen MR) is 75.5 cm³/mol. The van der Waals surface area contributed by atoms with Gasteiger partial charge in [0.2, 0.25) is 0 Å². The summed E-state index contributed by atoms with van der Waals surface area (Å²) >= 11 is 5.10. The number of nitrogens with two attached hydrogens (primary N) is 1. The van der Waals surface area contributed by atoms with Gasteiger partial charge in [0.05, 0.1) is 5.56 Å². The lowest BCUT2D eigenvalue weighted by Gasteiger charge is -2.27. The minimum atomic E-state index is 0.428. The molecule has 1 aromatic rings. The number of anilines is 1. The minimum absolute atomic E-state index is 0.428. The molecular weight excluding hydrogens is 230 g/mol. The Morgan fingerprint density at radius 2 is 2.06 bits per heavy atom. The van der Waals surface area contributed by atoms with Crippen molar-refractivity contribution in [1.82, 2.24) is 4.98 Å². The molecule has 0 bridgehead atoms. The van der Waals surface area contributed by atoms with E-state index in [2.05, 4.69) is 16.9 Å². The van der Waals surface area contributed by atoms with Crippen LogP contribution in [0.25, 0.3) is 0 Å². The van der Waals surface area contributed by atoms with Crippen LogP contribution in [0.15, 0.2) is 12.1 Å². The van der Waals surface area contributed by atoms with Gasteiger partial charge >= 0.3 is 0 Å². The summed E-state index contributed by atoms with van der Waals surface area (Å²) in [6, 6.07) is 4.52. The second kappa shape index (κ2) is 5.00. The zero-order valence-corrected chi connectivity index (χ0v) is 11.3. The van der Waals surface area contributed by atoms with Gasteiger partial charge in [0.25, 0.3) is 0 Å². The van der Waals surface area contributed by atoms with Crippen LogP contribution in [0.1, 0.15) is 36.9 Å². The first-order valence-corrected chi connectivity index (χ1v) is 6.50. The lowest BCUT2D eigenvalue weighted by molar-refractivity contribution is 0.645. The molecule has 2 N–H and O–H groups in total. The van der Waals surface area contributed by atoms with E-state index in [9.17, 15) is 0 Å². The molecule has 92 valence electrons. The second-order valence-corrected chi connectivity index (χ2v) is 5.18. The summed E-state index contributed by atoms with van der Waals surface area (Å²) in [5.74, 6) is 0.935. The fourth-order valence-electron chi connectivity index (χ4n) is 2.47. The van der Waals surface area contributed by atoms with Crippen LogP contribution in [0, 0.1) is 6.92 Å². The van der Waals surface area contributed by atoms with E-state index in [0.717, 1.165) is 17.1 Å². The molecular formula is C13H19N3S. The largest absolute Gasteiger partial charge is 0.389 e. The normalized spacial score (nSPS) is 16.1. The third kappa shape index (κ3) is 2.57. The molecule has 0 saturated heterocycles. The molecule has 0 amide bonds. The monoisotopic (exact) mass is 249 g/mol. The van der Waals surface area contributed by atoms with Crippen molar-refractivity contribution in [2.45, 2.75) is 38.6 Å². The number of hydrogen-bond acceptors (Lipinski definition) is 3. The molecule has 1 aliphatic carbocycles. The summed E-state index contributed by atoms with van der Waals surface area (Å²) in [6.07, 6.45) is 5.10. The topological polar surface area (TPSA) is 42.1 Å². The summed E-state index contributed by atoms with van der Waals surface area (Å²) in [7, 11) is 2.10. The first-order valence-electron chi connectivity index (χ1n) is 6.10. The van der Waals surface area contributed by atoms with E-state index < -0.39 is 0 Å². The van der Waals surface area contributed by atoms with Gasteiger partial charge in [-0.05, 0) is 31.9 Å². The number of rotatable bonds is 3. The Morgan fingerprint density at radius 1 is 1.41 bits per heavy atom. The van der Waals surface area contributed by atoms with Gasteiger partial charge in [0, 0.05) is 18.8 Å². The van der Waals surface area contributed by atoms with Gasteiger partial charge in [0.15, 0.2) is 0 Å². The van der Waals surface area contributed by atoms with Crippen molar-refractivity contribution in [1.29, 1.82) is 0 Å². The molecule has 1 aliphatic rings. The van der Waals surface area contributed by atoms with Crippen molar-refractivity contribution in [2.24, 2.45) is 5.73 Å². The van der Waals surface area contributed by atoms with Crippen molar-refractivity contribution in [3.05, 3.63) is 23.4 Å². The average Bonchev–Trinajstić information content (AvgIpc) is 2.80. The maximum Gasteiger partial charge on any atom is 0.139 e. The quantitative estimate of drug-likeness (QED) is 0.835. The summed E-state index contributed by atoms with van der Waals surface area (Å²) in [5, 5.41) is 0. The third-order valence-electron chi connectivity index (χ3n) is 3.49. The van der Waals surface area contributed by atoms with E-state index in [1.54, 1.807) is 0 Å². The first kappa shape index (κ1) is 12.3. The van der Waals surface area contributed by atoms with E-state index in [0.29, 0.717) is 11.0 Å². The molecule has 0 radical (unpaired) electrons. The lowest BCUT2D eigenvalue weighted by Crippen LogP contribution is -2.32. The fourth-order valence-corrected chi connectivity index (χ4v) is 2.63. The summed E-state index contributed by atoms with van der Waals surface area (Å²) in [5.41, 5.74) is 7.66. The molecule has 0 aromatic carbocycles. The van der Waals surface area contributed by atoms with Gasteiger partial charge in [-0.2, -0.15) is 0 Å². The molecule has 3 nitrogen and oxygen atoms in total. The van der Waals surface area contributed by atoms with E-state index in [1.807, 2.05) is 19.1 Å². The molecule has 1 heterocycles. The summed E-state index contributed by atoms with van der Waals surface area (Å²) < 4.78 is 0. The number of aromatic nitrogens is 1. The van der Waals surface area contributed by atoms with Crippen molar-refractivity contribution >= 4 is 23.0 Å². The van der Waals surface area contributed by atoms with Crippen LogP contribution in [-0.2, 0) is 0 Å². The van der Waals surface area contributed by atoms with E-state index >= 15 is 0 Å². The van der Waals surface area contributed by atoms with Crippen LogP contribution in [0.3, 0.4) is 0 Å². The minimum Gasteiger partial charge on any atom is -0.389 e. The van der Waals surface area contributed by atoms with Crippen LogP contribution >= 0.6 is 12.2 Å². The molecule has 0 atom stereocenters. The number of aryl methyl sites for hydroxylation is 1. The molecule has 1 saturated carbocycles. The highest BCUT2D eigenvalue weighted by atomic mass is 32.1. The third-order valence-corrected chi connectivity index (χ3v) is 3.71. The number of nitrogens with zero attached hydrogens (tertiary/aromatic N) is 2. The SMILES string of the molecule is Cc1ccc(C(N)=S)c(N(C)C2CCCC2)n1. The molecule has 4 heteroatoms. The Morgan fingerprint density at radius 3 is 2.65 bits per heavy atom. The van der Waals surface area contributed by atoms with Crippen molar-refractivity contribution < 1.29 is 0 Å². The van der Waals surface area contributed by atoms with Crippen LogP contribution in [0.2, 0.25) is 0 Å². The molecule has 17 heavy (non-hydrogen) atoms. The highest BCUT2D eigenvalue weighted by Crippen LogP contribution is 2.28. The van der Waals surface area contributed by atoms with Crippen molar-refractivity contribution in [2.75, 3.05) is 11.9 Å². The molecule has 1 fully saturated rings. The fraction of sp³-hybridized carbons (Fsp3) is 0.538. The maximum atomic E-state index is 5.77. The second-order valence-electron chi connectivity index (χ2n) is 4.74. The molecule has 0 unspecified atom stereocenters. The van der Waals surface area contributed by atoms with Crippen molar-refractivity contribution in [3.8, 4) is 0 Å². The summed E-state index contributed by atoms with van der Waals surface area (Å²) in [6.45, 7) is 2.00. The van der Waals surface area contributed by atoms with Crippen LogP contribution in [0.4, 0.5) is 5.82 Å². The zero-order valence-electron chi connectivity index (χ0n) is 10.4.